The Bertz CT molecular complexity index is 1270. The highest BCUT2D eigenvalue weighted by atomic mass is 16.6. The van der Waals surface area contributed by atoms with Crippen LogP contribution >= 0.6 is 0 Å². The van der Waals surface area contributed by atoms with Gasteiger partial charge in [-0.2, -0.15) is 0 Å². The minimum atomic E-state index is -0.506. The monoisotopic (exact) mass is 427 g/mol. The van der Waals surface area contributed by atoms with Crippen molar-refractivity contribution in [2.24, 2.45) is 0 Å². The lowest BCUT2D eigenvalue weighted by Crippen LogP contribution is -2.32. The highest BCUT2D eigenvalue weighted by molar-refractivity contribution is 6.46. The molecule has 0 saturated carbocycles. The molecule has 0 fully saturated rings. The van der Waals surface area contributed by atoms with Gasteiger partial charge in [0.25, 0.3) is 17.5 Å². The molecule has 0 bridgehead atoms. The minimum Gasteiger partial charge on any atom is -0.350 e. The zero-order valence-electron chi connectivity index (χ0n) is 17.9. The molecule has 7 heteroatoms. The van der Waals surface area contributed by atoms with E-state index in [1.54, 1.807) is 18.2 Å². The van der Waals surface area contributed by atoms with Crippen molar-refractivity contribution >= 4 is 34.4 Å². The van der Waals surface area contributed by atoms with Gasteiger partial charge >= 0.3 is 0 Å². The molecule has 0 spiro atoms. The van der Waals surface area contributed by atoms with E-state index in [4.69, 9.17) is 0 Å². The molecule has 160 valence electrons. The topological polar surface area (TPSA) is 92.6 Å². The molecule has 1 heterocycles. The molecule has 0 saturated heterocycles. The van der Waals surface area contributed by atoms with E-state index in [0.717, 1.165) is 21.6 Å². The predicted molar refractivity (Wildman–Crippen MR) is 123 cm³/mol. The molecule has 0 aliphatic carbocycles. The van der Waals surface area contributed by atoms with E-state index < -0.39 is 16.7 Å². The molecule has 0 unspecified atom stereocenters. The molecule has 0 aromatic heterocycles. The molecule has 3 aromatic carbocycles. The van der Waals surface area contributed by atoms with Gasteiger partial charge in [0.1, 0.15) is 5.70 Å². The van der Waals surface area contributed by atoms with E-state index in [1.165, 1.54) is 24.3 Å². The van der Waals surface area contributed by atoms with E-state index in [2.05, 4.69) is 5.32 Å². The fourth-order valence-corrected chi connectivity index (χ4v) is 3.86. The molecule has 1 aliphatic heterocycles. The number of carbonyl (C=O) groups is 2. The Labute approximate surface area is 185 Å². The van der Waals surface area contributed by atoms with Crippen molar-refractivity contribution in [3.05, 3.63) is 105 Å². The second-order valence-corrected chi connectivity index (χ2v) is 7.84. The van der Waals surface area contributed by atoms with Gasteiger partial charge in [-0.25, -0.2) is 4.90 Å². The highest BCUT2D eigenvalue weighted by Crippen LogP contribution is 2.34. The highest BCUT2D eigenvalue weighted by Gasteiger charge is 2.40. The summed E-state index contributed by atoms with van der Waals surface area (Å²) < 4.78 is 0. The van der Waals surface area contributed by atoms with Gasteiger partial charge in [-0.15, -0.1) is 0 Å². The maximum absolute atomic E-state index is 13.5. The maximum Gasteiger partial charge on any atom is 0.282 e. The molecule has 0 atom stereocenters. The fourth-order valence-electron chi connectivity index (χ4n) is 3.86. The summed E-state index contributed by atoms with van der Waals surface area (Å²) in [5.74, 6) is -0.963. The molecule has 3 aromatic rings. The summed E-state index contributed by atoms with van der Waals surface area (Å²) in [6, 6.07) is 18.5. The largest absolute Gasteiger partial charge is 0.350 e. The number of amides is 2. The van der Waals surface area contributed by atoms with Crippen LogP contribution in [0.25, 0.3) is 5.57 Å². The number of rotatable bonds is 5. The number of nitro groups is 1. The molecule has 7 nitrogen and oxygen atoms in total. The van der Waals surface area contributed by atoms with Crippen LogP contribution in [0.1, 0.15) is 22.3 Å². The lowest BCUT2D eigenvalue weighted by molar-refractivity contribution is -0.384. The maximum atomic E-state index is 13.5. The molecule has 32 heavy (non-hydrogen) atoms. The number of nitro benzene ring substituents is 1. The summed E-state index contributed by atoms with van der Waals surface area (Å²) in [6.07, 6.45) is 0. The number of aryl methyl sites for hydroxylation is 3. The predicted octanol–water partition coefficient (Wildman–Crippen LogP) is 4.92. The number of nitrogens with one attached hydrogen (secondary N) is 1. The Hall–Kier alpha value is -4.26. The Kier molecular flexibility index (Phi) is 5.32. The summed E-state index contributed by atoms with van der Waals surface area (Å²) >= 11 is 0. The number of benzene rings is 3. The van der Waals surface area contributed by atoms with Gasteiger partial charge in [0.15, 0.2) is 0 Å². The van der Waals surface area contributed by atoms with Gasteiger partial charge in [0, 0.05) is 17.8 Å². The van der Waals surface area contributed by atoms with Gasteiger partial charge in [0.05, 0.1) is 16.2 Å². The first-order valence-corrected chi connectivity index (χ1v) is 10.0. The van der Waals surface area contributed by atoms with Crippen LogP contribution in [0.2, 0.25) is 0 Å². The lowest BCUT2D eigenvalue weighted by Gasteiger charge is -2.16. The van der Waals surface area contributed by atoms with Crippen molar-refractivity contribution in [3.63, 3.8) is 0 Å². The van der Waals surface area contributed by atoms with Gasteiger partial charge in [-0.1, -0.05) is 18.2 Å². The number of nitrogens with zero attached hydrogens (tertiary/aromatic N) is 2. The van der Waals surface area contributed by atoms with E-state index in [1.807, 2.05) is 45.0 Å². The smallest absolute Gasteiger partial charge is 0.282 e. The van der Waals surface area contributed by atoms with Crippen molar-refractivity contribution in [2.75, 3.05) is 10.2 Å². The van der Waals surface area contributed by atoms with Gasteiger partial charge in [-0.3, -0.25) is 19.7 Å². The first kappa shape index (κ1) is 21.0. The van der Waals surface area contributed by atoms with Gasteiger partial charge < -0.3 is 5.32 Å². The molecular formula is C25H21N3O4. The number of anilines is 2. The first-order valence-electron chi connectivity index (χ1n) is 10.0. The third-order valence-corrected chi connectivity index (χ3v) is 5.20. The Morgan fingerprint density at radius 2 is 1.47 bits per heavy atom. The normalized spacial score (nSPS) is 13.7. The molecule has 1 N–H and O–H groups in total. The number of non-ortho nitro benzene ring substituents is 1. The van der Waals surface area contributed by atoms with Crippen LogP contribution in [-0.4, -0.2) is 16.7 Å². The fraction of sp³-hybridized carbons (Fsp3) is 0.120. The second-order valence-electron chi connectivity index (χ2n) is 7.84. The van der Waals surface area contributed by atoms with Crippen molar-refractivity contribution in [1.82, 2.24) is 0 Å². The van der Waals surface area contributed by atoms with E-state index in [0.29, 0.717) is 16.9 Å². The van der Waals surface area contributed by atoms with Crippen molar-refractivity contribution in [3.8, 4) is 0 Å². The summed E-state index contributed by atoms with van der Waals surface area (Å²) in [5.41, 5.74) is 4.73. The number of hydrogen-bond acceptors (Lipinski definition) is 5. The number of carbonyl (C=O) groups excluding carboxylic acids is 2. The van der Waals surface area contributed by atoms with E-state index in [9.17, 15) is 19.7 Å². The van der Waals surface area contributed by atoms with E-state index >= 15 is 0 Å². The molecule has 4 rings (SSSR count). The lowest BCUT2D eigenvalue weighted by atomic mass is 10.0. The van der Waals surface area contributed by atoms with Crippen molar-refractivity contribution in [1.29, 1.82) is 0 Å². The third-order valence-electron chi connectivity index (χ3n) is 5.20. The zero-order valence-corrected chi connectivity index (χ0v) is 17.9. The average Bonchev–Trinajstić information content (AvgIpc) is 2.97. The van der Waals surface area contributed by atoms with Crippen LogP contribution in [0.15, 0.2) is 72.4 Å². The summed E-state index contributed by atoms with van der Waals surface area (Å²) in [4.78, 5) is 38.6. The molecule has 2 amide bonds. The standard InChI is InChI=1S/C25H21N3O4/c1-15-5-4-6-21(14-15)27-24(29)22(18-7-9-20(10-8-18)28(31)32)23(25(27)30)26-19-12-16(2)11-17(3)13-19/h4-14,26H,1-3H3. The van der Waals surface area contributed by atoms with Crippen molar-refractivity contribution in [2.45, 2.75) is 20.8 Å². The van der Waals surface area contributed by atoms with Crippen molar-refractivity contribution < 1.29 is 14.5 Å². The first-order chi connectivity index (χ1) is 15.2. The van der Waals surface area contributed by atoms with Crippen LogP contribution in [-0.2, 0) is 9.59 Å². The Balaban J connectivity index is 1.84. The summed E-state index contributed by atoms with van der Waals surface area (Å²) in [7, 11) is 0. The van der Waals surface area contributed by atoms with Gasteiger partial charge in [-0.05, 0) is 79.4 Å². The number of imide groups is 1. The second kappa shape index (κ2) is 8.11. The minimum absolute atomic E-state index is 0.0921. The van der Waals surface area contributed by atoms with Crippen LogP contribution in [0.5, 0.6) is 0 Å². The Morgan fingerprint density at radius 1 is 0.812 bits per heavy atom. The quantitative estimate of drug-likeness (QED) is 0.355. The summed E-state index contributed by atoms with van der Waals surface area (Å²) in [6.45, 7) is 5.78. The average molecular weight is 427 g/mol. The van der Waals surface area contributed by atoms with Gasteiger partial charge in [0.2, 0.25) is 0 Å². The third kappa shape index (κ3) is 3.88. The van der Waals surface area contributed by atoms with Crippen LogP contribution in [0, 0.1) is 30.9 Å². The van der Waals surface area contributed by atoms with Crippen LogP contribution in [0.3, 0.4) is 0 Å². The SMILES string of the molecule is Cc1cc(C)cc(NC2=C(c3ccc([N+](=O)[O-])cc3)C(=O)N(c3cccc(C)c3)C2=O)c1. The molecule has 1 aliphatic rings. The van der Waals surface area contributed by atoms with E-state index in [-0.39, 0.29) is 17.0 Å². The van der Waals surface area contributed by atoms with Crippen LogP contribution < -0.4 is 10.2 Å². The molecular weight excluding hydrogens is 406 g/mol. The molecule has 0 radical (unpaired) electrons. The summed E-state index contributed by atoms with van der Waals surface area (Å²) in [5, 5.41) is 14.2. The Morgan fingerprint density at radius 3 is 2.06 bits per heavy atom. The zero-order chi connectivity index (χ0) is 23.0. The number of hydrogen-bond donors (Lipinski definition) is 1. The van der Waals surface area contributed by atoms with Crippen LogP contribution in [0.4, 0.5) is 17.1 Å².